The molecule has 0 radical (unpaired) electrons. The van der Waals surface area contributed by atoms with Crippen molar-refractivity contribution in [1.29, 1.82) is 0 Å². The number of hydrogen-bond acceptors (Lipinski definition) is 24. The largest absolute Gasteiger partial charge is 0.497 e. The molecule has 0 saturated carbocycles. The number of aromatic amines is 3. The van der Waals surface area contributed by atoms with Crippen molar-refractivity contribution in [2.45, 2.75) is 240 Å². The fraction of sp³-hybridized carbons (Fsp3) is 0.543. The smallest absolute Gasteiger partial charge is 0.246 e. The molecule has 15 atom stereocenters. The van der Waals surface area contributed by atoms with Crippen molar-refractivity contribution < 1.29 is 91.4 Å². The molecule has 6 aromatic rings. The lowest BCUT2D eigenvalue weighted by Crippen LogP contribution is -2.61. The van der Waals surface area contributed by atoms with Crippen LogP contribution in [0.5, 0.6) is 5.75 Å². The van der Waals surface area contributed by atoms with E-state index in [1.807, 2.05) is 26.0 Å². The molecule has 17 amide bonds. The summed E-state index contributed by atoms with van der Waals surface area (Å²) in [4.78, 5) is 270. The number of aromatic nitrogens is 4. The van der Waals surface area contributed by atoms with Crippen LogP contribution in [0.3, 0.4) is 0 Å². The Balaban J connectivity index is 1.10. The van der Waals surface area contributed by atoms with Crippen molar-refractivity contribution in [2.75, 3.05) is 79.0 Å². The maximum absolute atomic E-state index is 15.8. The monoisotopic (exact) mass is 1910 g/mol. The molecule has 740 valence electrons. The van der Waals surface area contributed by atoms with E-state index < -0.39 is 222 Å². The first-order chi connectivity index (χ1) is 65.1. The van der Waals surface area contributed by atoms with Crippen molar-refractivity contribution >= 4 is 134 Å². The van der Waals surface area contributed by atoms with Gasteiger partial charge < -0.3 is 131 Å². The molecule has 3 aromatic heterocycles. The van der Waals surface area contributed by atoms with Gasteiger partial charge in [0, 0.05) is 118 Å². The summed E-state index contributed by atoms with van der Waals surface area (Å²) in [7, 11) is 5.47. The van der Waals surface area contributed by atoms with Crippen LogP contribution < -0.4 is 86.6 Å². The molecule has 44 heteroatoms. The van der Waals surface area contributed by atoms with E-state index >= 15 is 38.4 Å². The minimum Gasteiger partial charge on any atom is -0.497 e. The number of likely N-dealkylation sites (N-methyl/N-ethyl adjacent to an activating group) is 3. The van der Waals surface area contributed by atoms with E-state index in [2.05, 4.69) is 73.1 Å². The van der Waals surface area contributed by atoms with Crippen molar-refractivity contribution in [2.24, 2.45) is 28.7 Å². The third-order valence-electron chi connectivity index (χ3n) is 24.8. The van der Waals surface area contributed by atoms with Gasteiger partial charge in [-0.2, -0.15) is 0 Å². The lowest BCUT2D eigenvalue weighted by atomic mass is 9.99. The van der Waals surface area contributed by atoms with Crippen molar-refractivity contribution in [3.8, 4) is 5.75 Å². The number of fused-ring (bicyclic) bond motifs is 4. The molecule has 0 bridgehead atoms. The van der Waals surface area contributed by atoms with E-state index in [0.717, 1.165) is 26.5 Å². The predicted octanol–water partition coefficient (Wildman–Crippen LogP) is -2.71. The first-order valence-electron chi connectivity index (χ1n) is 46.2. The van der Waals surface area contributed by atoms with Gasteiger partial charge in [0.2, 0.25) is 100 Å². The first-order valence-corrected chi connectivity index (χ1v) is 47.3. The summed E-state index contributed by atoms with van der Waals surface area (Å²) in [5.74, 6) is -15.7. The van der Waals surface area contributed by atoms with Crippen LogP contribution in [0.25, 0.3) is 21.8 Å². The number of H-pyrrole nitrogens is 3. The number of hydrogen-bond donors (Lipinski definition) is 19. The molecular formula is C92H132N24O19S. The number of unbranched alkanes of at least 4 members (excludes halogenated alkanes) is 3. The lowest BCUT2D eigenvalue weighted by molar-refractivity contribution is -0.149. The lowest BCUT2D eigenvalue weighted by Gasteiger charge is -2.36. The quantitative estimate of drug-likeness (QED) is 0.0212. The zero-order valence-electron chi connectivity index (χ0n) is 78.0. The maximum atomic E-state index is 15.8. The van der Waals surface area contributed by atoms with Crippen LogP contribution in [0.15, 0.2) is 97.7 Å². The molecule has 24 N–H and O–H groups in total. The second kappa shape index (κ2) is 52.1. The highest BCUT2D eigenvalue weighted by Gasteiger charge is 2.47. The molecular weight excluding hydrogens is 1780 g/mol. The Kier molecular flexibility index (Phi) is 40.9. The van der Waals surface area contributed by atoms with Crippen LogP contribution in [0.4, 0.5) is 0 Å². The van der Waals surface area contributed by atoms with E-state index in [9.17, 15) is 48.3 Å². The molecule has 3 fully saturated rings. The third-order valence-corrected chi connectivity index (χ3v) is 25.8. The zero-order chi connectivity index (χ0) is 99.0. The SMILES string of the molecule is CCCC[C@H]1C(=O)N(C)[C@@H](CCCC)C(=O)N[C@@H](CCCN)C(=O)N[C@H](C(=O)NCC(N)=O)CSCC(=O)N[C@@H](Cc2ccc(OC)cc2)C(=O)N(C)[C@@H](C)C(=O)N[C@@H](CC(N)=O)C(=O)N2CCC[C@H]2C(=O)N[C@@H](Cc2cnc[nH]2)C(=O)N[C@@H](CCCCN)C(=O)N2C[C@H](O)C[C@H]2C(=O)N[C@@H](Cc2c[nH]c3ccccc23)C(=O)NC(CCN)C(=O)N[C@@H](Cc2c[nH]c3ccccc23)C(=O)N1C. The maximum Gasteiger partial charge on any atom is 0.246 e. The summed E-state index contributed by atoms with van der Waals surface area (Å²) in [5, 5.41) is 39.9. The fourth-order valence-electron chi connectivity index (χ4n) is 17.0. The molecule has 6 heterocycles. The van der Waals surface area contributed by atoms with E-state index in [1.54, 1.807) is 73.1 Å². The van der Waals surface area contributed by atoms with Crippen LogP contribution >= 0.6 is 11.8 Å². The normalized spacial score (nSPS) is 24.7. The van der Waals surface area contributed by atoms with Gasteiger partial charge >= 0.3 is 0 Å². The first kappa shape index (κ1) is 107. The van der Waals surface area contributed by atoms with Crippen molar-refractivity contribution in [3.63, 3.8) is 0 Å². The van der Waals surface area contributed by atoms with E-state index in [-0.39, 0.29) is 116 Å². The van der Waals surface area contributed by atoms with Crippen LogP contribution in [0.2, 0.25) is 0 Å². The Bertz CT molecular complexity index is 5150. The number of nitrogens with two attached hydrogens (primary N) is 5. The molecule has 3 aromatic carbocycles. The average Bonchev–Trinajstić information content (AvgIpc) is 1.51. The topological polar surface area (TPSA) is 647 Å². The molecule has 0 spiro atoms. The summed E-state index contributed by atoms with van der Waals surface area (Å²) in [6.45, 7) is 3.72. The van der Waals surface area contributed by atoms with E-state index in [4.69, 9.17) is 33.4 Å². The number of thioether (sulfide) groups is 1. The van der Waals surface area contributed by atoms with Gasteiger partial charge in [0.15, 0.2) is 0 Å². The molecule has 3 saturated heterocycles. The Labute approximate surface area is 792 Å². The van der Waals surface area contributed by atoms with Gasteiger partial charge in [0.05, 0.1) is 38.3 Å². The summed E-state index contributed by atoms with van der Waals surface area (Å²) in [6.07, 6.45) is 4.75. The third kappa shape index (κ3) is 29.5. The van der Waals surface area contributed by atoms with Gasteiger partial charge in [-0.1, -0.05) is 88.1 Å². The van der Waals surface area contributed by atoms with Gasteiger partial charge in [-0.15, -0.1) is 11.8 Å². The van der Waals surface area contributed by atoms with Crippen molar-refractivity contribution in [1.82, 2.24) is 97.6 Å². The number of ether oxygens (including phenoxy) is 1. The van der Waals surface area contributed by atoms with Gasteiger partial charge in [-0.25, -0.2) is 4.98 Å². The summed E-state index contributed by atoms with van der Waals surface area (Å²) >= 11 is 0.805. The zero-order valence-corrected chi connectivity index (χ0v) is 78.8. The van der Waals surface area contributed by atoms with Gasteiger partial charge in [-0.05, 0) is 132 Å². The number of carbonyl (C=O) groups excluding carboxylic acids is 17. The number of methoxy groups -OCH3 is 1. The number of nitrogens with zero attached hydrogens (tertiary/aromatic N) is 6. The fourth-order valence-corrected chi connectivity index (χ4v) is 17.9. The Morgan fingerprint density at radius 3 is 1.64 bits per heavy atom. The molecule has 43 nitrogen and oxygen atoms in total. The number of amides is 17. The second-order valence-corrected chi connectivity index (χ2v) is 35.7. The van der Waals surface area contributed by atoms with Gasteiger partial charge in [0.1, 0.15) is 90.3 Å². The number of carbonyl (C=O) groups is 17. The highest BCUT2D eigenvalue weighted by atomic mass is 32.2. The molecule has 3 aliphatic heterocycles. The Morgan fingerprint density at radius 2 is 1.04 bits per heavy atom. The second-order valence-electron chi connectivity index (χ2n) is 34.7. The van der Waals surface area contributed by atoms with Crippen molar-refractivity contribution in [3.05, 3.63) is 120 Å². The number of benzene rings is 3. The standard InChI is InChI=1S/C92H132N24O19S/c1-8-10-26-72-85(127)105-63(25-18-35-94)81(123)111-71(80(122)101-47-77(97)119)49-136-50-78(120)103-68(38-53-29-31-58(135-7)32-30-53)88(130)112(4)52(3)79(121)109-70(43-76(96)118)91(133)115-37-19-28-73(115)86(128)108-67(41-56-46-98-51-102-56)84(126)106-65(24-16-17-34-93)90(132)116-48-57(117)42-75(116)87(129)107-66(39-54-44-99-61-22-14-12-20-59(54)61)83(125)104-64(33-36-95)82(124)110-69(40-55-45-100-62-23-15-13-21-60(55)62)89(131)114(6)74(27-11-9-2)92(134)113(72)5/h12-15,20-23,29-32,44-46,51-52,57,63-75,99-100,117H,8-11,16-19,24-28,33-43,47-50,93-95H2,1-7H3,(H2,96,118)(H2,97,119)(H,98,102)(H,101,122)(H,103,120)(H,104,125)(H,105,127)(H,106,126)(H,107,129)(H,108,128)(H,109,121)(H,110,124)(H,111,123)/t52-,57+,63-,64?,65-,66-,67-,68-,69-,70-,71-,72-,73-,74-,75-/m0/s1. The summed E-state index contributed by atoms with van der Waals surface area (Å²) in [6, 6.07) is -0.234. The van der Waals surface area contributed by atoms with Gasteiger partial charge in [0.25, 0.3) is 0 Å². The highest BCUT2D eigenvalue weighted by Crippen LogP contribution is 2.28. The van der Waals surface area contributed by atoms with Gasteiger partial charge in [-0.3, -0.25) is 81.5 Å². The molecule has 0 aliphatic carbocycles. The van der Waals surface area contributed by atoms with Crippen LogP contribution in [-0.2, 0) is 107 Å². The Morgan fingerprint density at radius 1 is 0.507 bits per heavy atom. The van der Waals surface area contributed by atoms with E-state index in [0.29, 0.717) is 82.0 Å². The number of rotatable bonds is 29. The highest BCUT2D eigenvalue weighted by molar-refractivity contribution is 8.00. The molecule has 9 rings (SSSR count). The Hall–Kier alpha value is -13.1. The predicted molar refractivity (Wildman–Crippen MR) is 504 cm³/mol. The van der Waals surface area contributed by atoms with Crippen LogP contribution in [-0.4, -0.2) is 320 Å². The average molecular weight is 1910 g/mol. The number of primary amides is 2. The number of imidazole rings is 1. The number of nitrogens with one attached hydrogen (secondary N) is 13. The van der Waals surface area contributed by atoms with E-state index in [1.165, 1.54) is 57.5 Å². The number of aliphatic hydroxyl groups is 1. The van der Waals surface area contributed by atoms with Crippen LogP contribution in [0.1, 0.15) is 146 Å². The molecule has 3 aliphatic rings. The number of para-hydroxylation sites is 2. The minimum absolute atomic E-state index is 0.00795. The van der Waals surface area contributed by atoms with Crippen LogP contribution in [0, 0.1) is 0 Å². The number of aliphatic hydroxyl groups excluding tert-OH is 1. The summed E-state index contributed by atoms with van der Waals surface area (Å²) in [5.41, 5.74) is 32.7. The molecule has 136 heavy (non-hydrogen) atoms. The molecule has 1 unspecified atom stereocenters. The summed E-state index contributed by atoms with van der Waals surface area (Å²) < 4.78 is 5.36. The minimum atomic E-state index is -1.77.